The van der Waals surface area contributed by atoms with E-state index in [0.29, 0.717) is 18.5 Å². The van der Waals surface area contributed by atoms with Gasteiger partial charge in [-0.25, -0.2) is 4.39 Å². The van der Waals surface area contributed by atoms with Crippen LogP contribution in [-0.4, -0.2) is 34.4 Å². The fourth-order valence-electron chi connectivity index (χ4n) is 4.71. The van der Waals surface area contributed by atoms with Crippen LogP contribution in [0.5, 0.6) is 5.75 Å². The van der Waals surface area contributed by atoms with E-state index in [1.54, 1.807) is 11.0 Å². The molecule has 1 saturated heterocycles. The van der Waals surface area contributed by atoms with E-state index >= 15 is 0 Å². The predicted octanol–water partition coefficient (Wildman–Crippen LogP) is 3.36. The molecule has 2 atom stereocenters. The summed E-state index contributed by atoms with van der Waals surface area (Å²) < 4.78 is 13.6. The molecule has 2 heterocycles. The highest BCUT2D eigenvalue weighted by molar-refractivity contribution is 6.07. The normalized spacial score (nSPS) is 23.1. The molecule has 0 aliphatic carbocycles. The van der Waals surface area contributed by atoms with Gasteiger partial charge in [0, 0.05) is 12.2 Å². The number of phenols is 1. The van der Waals surface area contributed by atoms with E-state index in [1.165, 1.54) is 12.1 Å². The van der Waals surface area contributed by atoms with Crippen LogP contribution in [0.1, 0.15) is 37.3 Å². The molecule has 5 nitrogen and oxygen atoms in total. The van der Waals surface area contributed by atoms with Gasteiger partial charge in [0.25, 0.3) is 0 Å². The van der Waals surface area contributed by atoms with Crippen molar-refractivity contribution in [2.24, 2.45) is 0 Å². The highest BCUT2D eigenvalue weighted by Crippen LogP contribution is 2.49. The van der Waals surface area contributed by atoms with Gasteiger partial charge in [0.1, 0.15) is 0 Å². The Balaban J connectivity index is 1.65. The highest BCUT2D eigenvalue weighted by Gasteiger charge is 2.58. The number of fused-ring (bicyclic) bond motifs is 2. The second-order valence-corrected chi connectivity index (χ2v) is 7.58. The van der Waals surface area contributed by atoms with Crippen molar-refractivity contribution in [1.82, 2.24) is 4.90 Å². The van der Waals surface area contributed by atoms with Gasteiger partial charge in [-0.1, -0.05) is 37.6 Å². The Hall–Kier alpha value is -2.89. The Morgan fingerprint density at radius 1 is 1.32 bits per heavy atom. The molecule has 2 aliphatic rings. The SMILES string of the molecule is CCC[C@@H]1N(C(=O)Cc2ccc(O)c(F)c2)CC[C@]12C(=O)Nc1ccccc12. The topological polar surface area (TPSA) is 69.6 Å². The minimum atomic E-state index is -0.739. The second kappa shape index (κ2) is 6.93. The number of nitrogens with one attached hydrogen (secondary N) is 1. The summed E-state index contributed by atoms with van der Waals surface area (Å²) in [5.74, 6) is -1.34. The Morgan fingerprint density at radius 3 is 2.86 bits per heavy atom. The third kappa shape index (κ3) is 2.75. The number of nitrogens with zero attached hydrogens (tertiary/aromatic N) is 1. The lowest BCUT2D eigenvalue weighted by Crippen LogP contribution is -2.49. The first-order valence-corrected chi connectivity index (χ1v) is 9.65. The van der Waals surface area contributed by atoms with Gasteiger partial charge in [0.2, 0.25) is 11.8 Å². The van der Waals surface area contributed by atoms with Crippen LogP contribution in [0.4, 0.5) is 10.1 Å². The lowest BCUT2D eigenvalue weighted by atomic mass is 9.73. The van der Waals surface area contributed by atoms with Crippen LogP contribution in [0.2, 0.25) is 0 Å². The number of rotatable bonds is 4. The van der Waals surface area contributed by atoms with E-state index in [9.17, 15) is 19.1 Å². The molecule has 2 amide bonds. The molecule has 2 aliphatic heterocycles. The molecule has 2 aromatic rings. The molecular formula is C22H23FN2O3. The molecule has 2 aromatic carbocycles. The summed E-state index contributed by atoms with van der Waals surface area (Å²) >= 11 is 0. The number of phenolic OH excluding ortho intramolecular Hbond substituents is 1. The van der Waals surface area contributed by atoms with Crippen LogP contribution in [0.25, 0.3) is 0 Å². The lowest BCUT2D eigenvalue weighted by Gasteiger charge is -2.34. The van der Waals surface area contributed by atoms with Crippen LogP contribution >= 0.6 is 0 Å². The standard InChI is InChI=1S/C22H23FN2O3/c1-2-5-19-22(15-6-3-4-7-17(15)24-21(22)28)10-11-25(19)20(27)13-14-8-9-18(26)16(23)12-14/h3-4,6-9,12,19,26H,2,5,10-11,13H2,1H3,(H,24,28)/t19-,22+/m0/s1. The van der Waals surface area contributed by atoms with Crippen LogP contribution in [0.3, 0.4) is 0 Å². The second-order valence-electron chi connectivity index (χ2n) is 7.58. The molecule has 1 fully saturated rings. The summed E-state index contributed by atoms with van der Waals surface area (Å²) in [7, 11) is 0. The van der Waals surface area contributed by atoms with Crippen molar-refractivity contribution in [3.8, 4) is 5.75 Å². The molecule has 6 heteroatoms. The van der Waals surface area contributed by atoms with Gasteiger partial charge in [-0.2, -0.15) is 0 Å². The van der Waals surface area contributed by atoms with Crippen molar-refractivity contribution in [2.75, 3.05) is 11.9 Å². The molecule has 1 spiro atoms. The van der Waals surface area contributed by atoms with Crippen molar-refractivity contribution >= 4 is 17.5 Å². The van der Waals surface area contributed by atoms with E-state index in [4.69, 9.17) is 0 Å². The predicted molar refractivity (Wildman–Crippen MR) is 104 cm³/mol. The quantitative estimate of drug-likeness (QED) is 0.852. The van der Waals surface area contributed by atoms with Gasteiger partial charge in [0.15, 0.2) is 11.6 Å². The molecule has 28 heavy (non-hydrogen) atoms. The van der Waals surface area contributed by atoms with Crippen molar-refractivity contribution in [2.45, 2.75) is 44.1 Å². The van der Waals surface area contributed by atoms with Gasteiger partial charge in [-0.15, -0.1) is 0 Å². The van der Waals surface area contributed by atoms with Crippen molar-refractivity contribution in [3.63, 3.8) is 0 Å². The summed E-state index contributed by atoms with van der Waals surface area (Å²) in [6, 6.07) is 11.5. The summed E-state index contributed by atoms with van der Waals surface area (Å²) in [5.41, 5.74) is 1.57. The van der Waals surface area contributed by atoms with E-state index in [0.717, 1.165) is 24.1 Å². The maximum absolute atomic E-state index is 13.6. The number of hydrogen-bond acceptors (Lipinski definition) is 3. The number of amides is 2. The maximum atomic E-state index is 13.6. The number of benzene rings is 2. The molecule has 2 N–H and O–H groups in total. The van der Waals surface area contributed by atoms with Gasteiger partial charge >= 0.3 is 0 Å². The Bertz CT molecular complexity index is 945. The number of halogens is 1. The van der Waals surface area contributed by atoms with Crippen LogP contribution < -0.4 is 5.32 Å². The third-order valence-corrected chi connectivity index (χ3v) is 6.00. The fourth-order valence-corrected chi connectivity index (χ4v) is 4.71. The molecule has 0 unspecified atom stereocenters. The largest absolute Gasteiger partial charge is 0.505 e. The smallest absolute Gasteiger partial charge is 0.237 e. The third-order valence-electron chi connectivity index (χ3n) is 6.00. The van der Waals surface area contributed by atoms with Gasteiger partial charge in [-0.05, 0) is 42.2 Å². The van der Waals surface area contributed by atoms with E-state index in [2.05, 4.69) is 5.32 Å². The Labute approximate surface area is 163 Å². The molecule has 0 radical (unpaired) electrons. The molecule has 0 aromatic heterocycles. The van der Waals surface area contributed by atoms with Gasteiger partial charge in [0.05, 0.1) is 17.9 Å². The Morgan fingerprint density at radius 2 is 2.11 bits per heavy atom. The van der Waals surface area contributed by atoms with Crippen molar-refractivity contribution in [3.05, 3.63) is 59.4 Å². The highest BCUT2D eigenvalue weighted by atomic mass is 19.1. The number of carbonyl (C=O) groups excluding carboxylic acids is 2. The zero-order valence-corrected chi connectivity index (χ0v) is 15.7. The number of para-hydroxylation sites is 1. The maximum Gasteiger partial charge on any atom is 0.237 e. The molecule has 146 valence electrons. The Kier molecular flexibility index (Phi) is 4.57. The first-order chi connectivity index (χ1) is 13.5. The van der Waals surface area contributed by atoms with E-state index in [1.807, 2.05) is 31.2 Å². The number of likely N-dealkylation sites (tertiary alicyclic amines) is 1. The molecular weight excluding hydrogens is 359 g/mol. The first kappa shape index (κ1) is 18.5. The fraction of sp³-hybridized carbons (Fsp3) is 0.364. The number of carbonyl (C=O) groups is 2. The summed E-state index contributed by atoms with van der Waals surface area (Å²) in [5, 5.41) is 12.3. The van der Waals surface area contributed by atoms with Crippen LogP contribution in [0.15, 0.2) is 42.5 Å². The minimum Gasteiger partial charge on any atom is -0.505 e. The van der Waals surface area contributed by atoms with E-state index < -0.39 is 17.0 Å². The minimum absolute atomic E-state index is 0.0385. The van der Waals surface area contributed by atoms with Crippen LogP contribution in [-0.2, 0) is 21.4 Å². The van der Waals surface area contributed by atoms with E-state index in [-0.39, 0.29) is 24.3 Å². The average molecular weight is 382 g/mol. The lowest BCUT2D eigenvalue weighted by molar-refractivity contribution is -0.132. The summed E-state index contributed by atoms with van der Waals surface area (Å²) in [4.78, 5) is 27.9. The number of hydrogen-bond donors (Lipinski definition) is 2. The van der Waals surface area contributed by atoms with Gasteiger partial charge < -0.3 is 15.3 Å². The van der Waals surface area contributed by atoms with Crippen molar-refractivity contribution < 1.29 is 19.1 Å². The zero-order valence-electron chi connectivity index (χ0n) is 15.7. The van der Waals surface area contributed by atoms with Crippen LogP contribution in [0, 0.1) is 5.82 Å². The average Bonchev–Trinajstić information content (AvgIpc) is 3.19. The molecule has 0 saturated carbocycles. The summed E-state index contributed by atoms with van der Waals surface area (Å²) in [6.07, 6.45) is 2.18. The zero-order chi connectivity index (χ0) is 19.9. The summed E-state index contributed by atoms with van der Waals surface area (Å²) in [6.45, 7) is 2.54. The van der Waals surface area contributed by atoms with Crippen molar-refractivity contribution in [1.29, 1.82) is 0 Å². The molecule has 0 bridgehead atoms. The monoisotopic (exact) mass is 382 g/mol. The number of aromatic hydroxyl groups is 1. The van der Waals surface area contributed by atoms with Gasteiger partial charge in [-0.3, -0.25) is 9.59 Å². The molecule has 4 rings (SSSR count). The number of anilines is 1. The first-order valence-electron chi connectivity index (χ1n) is 9.65.